The molecule has 0 unspecified atom stereocenters. The van der Waals surface area contributed by atoms with Gasteiger partial charge in [-0.25, -0.2) is 0 Å². The number of ether oxygens (including phenoxy) is 1. The summed E-state index contributed by atoms with van der Waals surface area (Å²) in [4.78, 5) is 0. The summed E-state index contributed by atoms with van der Waals surface area (Å²) in [5, 5.41) is 9.55. The van der Waals surface area contributed by atoms with E-state index in [1.54, 1.807) is 18.2 Å². The first kappa shape index (κ1) is 12.9. The minimum Gasteiger partial charge on any atom is -0.507 e. The van der Waals surface area contributed by atoms with Gasteiger partial charge in [-0.15, -0.1) is 0 Å². The predicted octanol–water partition coefficient (Wildman–Crippen LogP) is 5.47. The van der Waals surface area contributed by atoms with Crippen molar-refractivity contribution in [2.24, 2.45) is 0 Å². The maximum atomic E-state index is 9.55. The summed E-state index contributed by atoms with van der Waals surface area (Å²) < 4.78 is 8.10. The van der Waals surface area contributed by atoms with Gasteiger partial charge in [-0.2, -0.15) is 0 Å². The van der Waals surface area contributed by atoms with Crippen LogP contribution in [-0.2, 0) is 0 Å². The van der Waals surface area contributed by atoms with Crippen molar-refractivity contribution >= 4 is 47.8 Å². The Labute approximate surface area is 124 Å². The van der Waals surface area contributed by atoms with Gasteiger partial charge in [-0.1, -0.05) is 15.9 Å². The number of rotatable bonds is 2. The Morgan fingerprint density at radius 3 is 2.29 bits per heavy atom. The first-order valence-corrected chi connectivity index (χ1v) is 7.05. The summed E-state index contributed by atoms with van der Waals surface area (Å²) >= 11 is 10.00. The lowest BCUT2D eigenvalue weighted by Crippen LogP contribution is -1.85. The second-order valence-corrected chi connectivity index (χ2v) is 5.91. The fourth-order valence-corrected chi connectivity index (χ4v) is 2.62. The van der Waals surface area contributed by atoms with Gasteiger partial charge in [0.25, 0.3) is 0 Å². The van der Waals surface area contributed by atoms with Gasteiger partial charge in [-0.05, 0) is 62.2 Å². The Kier molecular flexibility index (Phi) is 4.12. The highest BCUT2D eigenvalue weighted by molar-refractivity contribution is 9.11. The molecule has 0 aliphatic rings. The molecule has 0 amide bonds. The maximum absolute atomic E-state index is 9.55. The van der Waals surface area contributed by atoms with E-state index >= 15 is 0 Å². The minimum absolute atomic E-state index is 0.149. The molecule has 0 saturated heterocycles. The van der Waals surface area contributed by atoms with Crippen LogP contribution in [0.5, 0.6) is 17.2 Å². The molecule has 0 heterocycles. The second-order valence-electron chi connectivity index (χ2n) is 3.29. The van der Waals surface area contributed by atoms with Crippen molar-refractivity contribution in [2.75, 3.05) is 0 Å². The average Bonchev–Trinajstić information content (AvgIpc) is 2.27. The molecule has 0 aliphatic heterocycles. The van der Waals surface area contributed by atoms with Crippen molar-refractivity contribution < 1.29 is 9.84 Å². The van der Waals surface area contributed by atoms with Crippen molar-refractivity contribution in [1.82, 2.24) is 0 Å². The molecule has 0 aromatic heterocycles. The maximum Gasteiger partial charge on any atom is 0.141 e. The largest absolute Gasteiger partial charge is 0.507 e. The van der Waals surface area contributed by atoms with Crippen LogP contribution in [0.15, 0.2) is 49.8 Å². The van der Waals surface area contributed by atoms with E-state index in [1.165, 1.54) is 0 Å². The Morgan fingerprint density at radius 1 is 0.882 bits per heavy atom. The van der Waals surface area contributed by atoms with E-state index in [0.717, 1.165) is 8.95 Å². The minimum atomic E-state index is 0.149. The van der Waals surface area contributed by atoms with Gasteiger partial charge in [0.05, 0.1) is 8.95 Å². The molecule has 1 N–H and O–H groups in total. The third kappa shape index (κ3) is 3.24. The van der Waals surface area contributed by atoms with Crippen LogP contribution in [0.3, 0.4) is 0 Å². The molecule has 5 heteroatoms. The molecule has 2 nitrogen and oxygen atoms in total. The molecule has 0 atom stereocenters. The van der Waals surface area contributed by atoms with Gasteiger partial charge in [0.2, 0.25) is 0 Å². The van der Waals surface area contributed by atoms with E-state index in [-0.39, 0.29) is 5.75 Å². The van der Waals surface area contributed by atoms with Gasteiger partial charge in [-0.3, -0.25) is 0 Å². The average molecular weight is 423 g/mol. The first-order valence-electron chi connectivity index (χ1n) is 4.67. The van der Waals surface area contributed by atoms with E-state index in [4.69, 9.17) is 4.74 Å². The van der Waals surface area contributed by atoms with Gasteiger partial charge in [0.1, 0.15) is 17.2 Å². The molecule has 0 saturated carbocycles. The lowest BCUT2D eigenvalue weighted by Gasteiger charge is -2.08. The lowest BCUT2D eigenvalue weighted by atomic mass is 10.3. The smallest absolute Gasteiger partial charge is 0.141 e. The lowest BCUT2D eigenvalue weighted by molar-refractivity contribution is 0.451. The zero-order chi connectivity index (χ0) is 12.4. The van der Waals surface area contributed by atoms with Gasteiger partial charge >= 0.3 is 0 Å². The van der Waals surface area contributed by atoms with E-state index in [0.29, 0.717) is 16.0 Å². The summed E-state index contributed by atoms with van der Waals surface area (Å²) in [6.07, 6.45) is 0. The number of hydrogen-bond acceptors (Lipinski definition) is 2. The number of benzene rings is 2. The number of halogens is 3. The number of phenolic OH excluding ortho intramolecular Hbond substituents is 1. The second kappa shape index (κ2) is 5.42. The van der Waals surface area contributed by atoms with Crippen LogP contribution >= 0.6 is 47.8 Å². The first-order chi connectivity index (χ1) is 8.06. The fraction of sp³-hybridized carbons (Fsp3) is 0. The molecule has 17 heavy (non-hydrogen) atoms. The molecule has 0 spiro atoms. The number of aromatic hydroxyl groups is 1. The van der Waals surface area contributed by atoms with E-state index in [9.17, 15) is 5.11 Å². The predicted molar refractivity (Wildman–Crippen MR) is 77.7 cm³/mol. The topological polar surface area (TPSA) is 29.5 Å². The molecule has 2 aromatic rings. The molecule has 2 rings (SSSR count). The van der Waals surface area contributed by atoms with Crippen LogP contribution in [0.25, 0.3) is 0 Å². The van der Waals surface area contributed by atoms with E-state index < -0.39 is 0 Å². The SMILES string of the molecule is Oc1cc(Oc2ccc(Br)cc2Br)ccc1Br. The van der Waals surface area contributed by atoms with Gasteiger partial charge in [0, 0.05) is 10.5 Å². The van der Waals surface area contributed by atoms with E-state index in [1.807, 2.05) is 18.2 Å². The summed E-state index contributed by atoms with van der Waals surface area (Å²) in [5.74, 6) is 1.42. The fourth-order valence-electron chi connectivity index (χ4n) is 1.24. The number of hydrogen-bond donors (Lipinski definition) is 1. The van der Waals surface area contributed by atoms with Crippen LogP contribution in [0.4, 0.5) is 0 Å². The molecular formula is C12H7Br3O2. The monoisotopic (exact) mass is 420 g/mol. The summed E-state index contributed by atoms with van der Waals surface area (Å²) in [6.45, 7) is 0. The van der Waals surface area contributed by atoms with Crippen LogP contribution < -0.4 is 4.74 Å². The summed E-state index contributed by atoms with van der Waals surface area (Å²) in [5.41, 5.74) is 0. The third-order valence-corrected chi connectivity index (χ3v) is 3.82. The summed E-state index contributed by atoms with van der Waals surface area (Å²) in [6, 6.07) is 10.7. The van der Waals surface area contributed by atoms with Gasteiger partial charge < -0.3 is 9.84 Å². The van der Waals surface area contributed by atoms with Crippen LogP contribution in [0.2, 0.25) is 0 Å². The van der Waals surface area contributed by atoms with Gasteiger partial charge in [0.15, 0.2) is 0 Å². The Balaban J connectivity index is 2.28. The van der Waals surface area contributed by atoms with Crippen molar-refractivity contribution in [3.63, 3.8) is 0 Å². The van der Waals surface area contributed by atoms with Crippen molar-refractivity contribution in [1.29, 1.82) is 0 Å². The molecule has 0 fully saturated rings. The van der Waals surface area contributed by atoms with Crippen LogP contribution in [0.1, 0.15) is 0 Å². The summed E-state index contributed by atoms with van der Waals surface area (Å²) in [7, 11) is 0. The van der Waals surface area contributed by atoms with E-state index in [2.05, 4.69) is 47.8 Å². The zero-order valence-corrected chi connectivity index (χ0v) is 13.2. The standard InChI is InChI=1S/C12H7Br3O2/c13-7-1-4-12(10(15)5-7)17-8-2-3-9(14)11(16)6-8/h1-6,16H. The van der Waals surface area contributed by atoms with Crippen molar-refractivity contribution in [2.45, 2.75) is 0 Å². The third-order valence-electron chi connectivity index (χ3n) is 2.04. The quantitative estimate of drug-likeness (QED) is 0.695. The number of phenols is 1. The highest BCUT2D eigenvalue weighted by Gasteiger charge is 2.05. The molecule has 0 bridgehead atoms. The normalized spacial score (nSPS) is 10.3. The molecule has 2 aromatic carbocycles. The highest BCUT2D eigenvalue weighted by atomic mass is 79.9. The Morgan fingerprint density at radius 2 is 1.65 bits per heavy atom. The Bertz CT molecular complexity index is 555. The molecule has 0 radical (unpaired) electrons. The van der Waals surface area contributed by atoms with Crippen LogP contribution in [-0.4, -0.2) is 5.11 Å². The highest BCUT2D eigenvalue weighted by Crippen LogP contribution is 2.34. The van der Waals surface area contributed by atoms with Crippen LogP contribution in [0, 0.1) is 0 Å². The van der Waals surface area contributed by atoms with Crippen molar-refractivity contribution in [3.8, 4) is 17.2 Å². The molecule has 88 valence electrons. The molecular weight excluding hydrogens is 416 g/mol. The Hall–Kier alpha value is -0.520. The molecule has 0 aliphatic carbocycles. The van der Waals surface area contributed by atoms with Crippen molar-refractivity contribution in [3.05, 3.63) is 49.8 Å². The zero-order valence-electron chi connectivity index (χ0n) is 8.45.